The van der Waals surface area contributed by atoms with Crippen LogP contribution in [0.15, 0.2) is 0 Å². The van der Waals surface area contributed by atoms with Gasteiger partial charge in [-0.2, -0.15) is 0 Å². The molecule has 2 unspecified atom stereocenters. The Labute approximate surface area is 80.3 Å². The predicted molar refractivity (Wildman–Crippen MR) is 53.2 cm³/mol. The normalized spacial score (nSPS) is 28.0. The molecule has 1 fully saturated rings. The maximum Gasteiger partial charge on any atom is 0.234 e. The molecular weight excluding hydrogens is 164 g/mol. The van der Waals surface area contributed by atoms with E-state index in [0.717, 1.165) is 19.0 Å². The van der Waals surface area contributed by atoms with Crippen molar-refractivity contribution < 1.29 is 4.79 Å². The molecule has 1 aliphatic rings. The number of hydrogen-bond donors (Lipinski definition) is 1. The molecule has 1 aliphatic heterocycles. The zero-order valence-corrected chi connectivity index (χ0v) is 8.62. The Hall–Kier alpha value is -0.570. The first-order valence-electron chi connectivity index (χ1n) is 5.14. The van der Waals surface area contributed by atoms with Crippen LogP contribution in [-0.4, -0.2) is 29.9 Å². The Morgan fingerprint density at radius 2 is 2.15 bits per heavy atom. The number of hydrogen-bond acceptors (Lipinski definition) is 2. The van der Waals surface area contributed by atoms with Gasteiger partial charge in [0.15, 0.2) is 0 Å². The van der Waals surface area contributed by atoms with Crippen molar-refractivity contribution in [3.63, 3.8) is 0 Å². The molecule has 0 aromatic carbocycles. The monoisotopic (exact) mass is 184 g/mol. The molecular formula is C10H20N2O. The van der Waals surface area contributed by atoms with Gasteiger partial charge in [-0.3, -0.25) is 9.69 Å². The summed E-state index contributed by atoms with van der Waals surface area (Å²) >= 11 is 0. The van der Waals surface area contributed by atoms with E-state index in [1.807, 2.05) is 6.92 Å². The van der Waals surface area contributed by atoms with Gasteiger partial charge in [0.2, 0.25) is 5.91 Å². The van der Waals surface area contributed by atoms with Crippen molar-refractivity contribution in [2.45, 2.75) is 39.2 Å². The SMILES string of the molecule is CC1CCCN(C(C)C(N)=O)CC1. The van der Waals surface area contributed by atoms with E-state index in [4.69, 9.17) is 5.73 Å². The molecule has 1 rings (SSSR count). The minimum absolute atomic E-state index is 0.0923. The minimum atomic E-state index is -0.199. The second kappa shape index (κ2) is 4.61. The van der Waals surface area contributed by atoms with Crippen molar-refractivity contribution in [2.75, 3.05) is 13.1 Å². The number of carbonyl (C=O) groups is 1. The molecule has 0 bridgehead atoms. The van der Waals surface area contributed by atoms with Crippen molar-refractivity contribution >= 4 is 5.91 Å². The van der Waals surface area contributed by atoms with Gasteiger partial charge in [-0.15, -0.1) is 0 Å². The number of nitrogens with zero attached hydrogens (tertiary/aromatic N) is 1. The molecule has 1 heterocycles. The Bertz CT molecular complexity index is 182. The topological polar surface area (TPSA) is 46.3 Å². The van der Waals surface area contributed by atoms with Crippen molar-refractivity contribution in [3.8, 4) is 0 Å². The van der Waals surface area contributed by atoms with Gasteiger partial charge in [0, 0.05) is 0 Å². The van der Waals surface area contributed by atoms with Crippen LogP contribution in [0.1, 0.15) is 33.1 Å². The molecule has 2 atom stereocenters. The molecule has 0 aromatic heterocycles. The summed E-state index contributed by atoms with van der Waals surface area (Å²) < 4.78 is 0. The smallest absolute Gasteiger partial charge is 0.234 e. The highest BCUT2D eigenvalue weighted by Crippen LogP contribution is 2.17. The van der Waals surface area contributed by atoms with Crippen LogP contribution in [0, 0.1) is 5.92 Å². The van der Waals surface area contributed by atoms with Gasteiger partial charge in [0.25, 0.3) is 0 Å². The maximum absolute atomic E-state index is 11.0. The van der Waals surface area contributed by atoms with Gasteiger partial charge in [-0.25, -0.2) is 0 Å². The Kier molecular flexibility index (Phi) is 3.72. The molecule has 0 radical (unpaired) electrons. The summed E-state index contributed by atoms with van der Waals surface area (Å²) in [5.74, 6) is 0.597. The van der Waals surface area contributed by atoms with E-state index in [2.05, 4.69) is 11.8 Å². The number of amides is 1. The number of rotatable bonds is 2. The van der Waals surface area contributed by atoms with Crippen molar-refractivity contribution in [1.82, 2.24) is 4.90 Å². The van der Waals surface area contributed by atoms with E-state index in [1.165, 1.54) is 19.3 Å². The molecule has 13 heavy (non-hydrogen) atoms. The summed E-state index contributed by atoms with van der Waals surface area (Å²) in [5, 5.41) is 0. The van der Waals surface area contributed by atoms with Crippen LogP contribution >= 0.6 is 0 Å². The number of likely N-dealkylation sites (tertiary alicyclic amines) is 1. The Morgan fingerprint density at radius 3 is 2.77 bits per heavy atom. The van der Waals surface area contributed by atoms with E-state index < -0.39 is 0 Å². The molecule has 76 valence electrons. The molecule has 0 aromatic rings. The lowest BCUT2D eigenvalue weighted by molar-refractivity contribution is -0.122. The standard InChI is InChI=1S/C10H20N2O/c1-8-4-3-6-12(7-5-8)9(2)10(11)13/h8-9H,3-7H2,1-2H3,(H2,11,13). The molecule has 2 N–H and O–H groups in total. The van der Waals surface area contributed by atoms with Gasteiger partial charge in [0.05, 0.1) is 6.04 Å². The quantitative estimate of drug-likeness (QED) is 0.695. The summed E-state index contributed by atoms with van der Waals surface area (Å²) in [6, 6.07) is -0.0923. The third kappa shape index (κ3) is 2.99. The van der Waals surface area contributed by atoms with E-state index >= 15 is 0 Å². The molecule has 0 spiro atoms. The Morgan fingerprint density at radius 1 is 1.46 bits per heavy atom. The first kappa shape index (κ1) is 10.5. The average Bonchev–Trinajstić information content (AvgIpc) is 2.28. The maximum atomic E-state index is 11.0. The van der Waals surface area contributed by atoms with E-state index in [0.29, 0.717) is 0 Å². The fraction of sp³-hybridized carbons (Fsp3) is 0.900. The third-order valence-corrected chi connectivity index (χ3v) is 3.01. The summed E-state index contributed by atoms with van der Waals surface area (Å²) in [7, 11) is 0. The van der Waals surface area contributed by atoms with Crippen LogP contribution < -0.4 is 5.73 Å². The van der Waals surface area contributed by atoms with Crippen LogP contribution in [0.4, 0.5) is 0 Å². The molecule has 1 amide bonds. The van der Waals surface area contributed by atoms with Gasteiger partial charge in [-0.1, -0.05) is 6.92 Å². The third-order valence-electron chi connectivity index (χ3n) is 3.01. The van der Waals surface area contributed by atoms with Crippen molar-refractivity contribution in [3.05, 3.63) is 0 Å². The lowest BCUT2D eigenvalue weighted by Gasteiger charge is -2.24. The Balaban J connectivity index is 2.46. The number of carbonyl (C=O) groups excluding carboxylic acids is 1. The van der Waals surface area contributed by atoms with Crippen LogP contribution in [0.5, 0.6) is 0 Å². The van der Waals surface area contributed by atoms with Gasteiger partial charge >= 0.3 is 0 Å². The zero-order valence-electron chi connectivity index (χ0n) is 8.62. The predicted octanol–water partition coefficient (Wildman–Crippen LogP) is 0.982. The van der Waals surface area contributed by atoms with Gasteiger partial charge < -0.3 is 5.73 Å². The first-order chi connectivity index (χ1) is 6.11. The van der Waals surface area contributed by atoms with Crippen molar-refractivity contribution in [1.29, 1.82) is 0 Å². The first-order valence-corrected chi connectivity index (χ1v) is 5.14. The van der Waals surface area contributed by atoms with E-state index in [1.54, 1.807) is 0 Å². The van der Waals surface area contributed by atoms with Crippen molar-refractivity contribution in [2.24, 2.45) is 11.7 Å². The van der Waals surface area contributed by atoms with Crippen LogP contribution in [0.2, 0.25) is 0 Å². The highest BCUT2D eigenvalue weighted by atomic mass is 16.1. The van der Waals surface area contributed by atoms with E-state index in [9.17, 15) is 4.79 Å². The number of primary amides is 1. The molecule has 3 heteroatoms. The fourth-order valence-electron chi connectivity index (χ4n) is 1.85. The lowest BCUT2D eigenvalue weighted by atomic mass is 10.0. The van der Waals surface area contributed by atoms with Crippen LogP contribution in [0.3, 0.4) is 0 Å². The second-order valence-electron chi connectivity index (χ2n) is 4.15. The summed E-state index contributed by atoms with van der Waals surface area (Å²) in [5.41, 5.74) is 5.27. The van der Waals surface area contributed by atoms with E-state index in [-0.39, 0.29) is 11.9 Å². The minimum Gasteiger partial charge on any atom is -0.368 e. The number of nitrogens with two attached hydrogens (primary N) is 1. The fourth-order valence-corrected chi connectivity index (χ4v) is 1.85. The summed E-state index contributed by atoms with van der Waals surface area (Å²) in [6.45, 7) is 6.22. The zero-order chi connectivity index (χ0) is 9.84. The average molecular weight is 184 g/mol. The summed E-state index contributed by atoms with van der Waals surface area (Å²) in [6.07, 6.45) is 3.67. The molecule has 3 nitrogen and oxygen atoms in total. The molecule has 0 aliphatic carbocycles. The highest BCUT2D eigenvalue weighted by Gasteiger charge is 2.21. The lowest BCUT2D eigenvalue weighted by Crippen LogP contribution is -2.43. The van der Waals surface area contributed by atoms with Gasteiger partial charge in [0.1, 0.15) is 0 Å². The van der Waals surface area contributed by atoms with Gasteiger partial charge in [-0.05, 0) is 45.2 Å². The van der Waals surface area contributed by atoms with Crippen LogP contribution in [0.25, 0.3) is 0 Å². The molecule has 1 saturated heterocycles. The largest absolute Gasteiger partial charge is 0.368 e. The second-order valence-corrected chi connectivity index (χ2v) is 4.15. The summed E-state index contributed by atoms with van der Waals surface area (Å²) in [4.78, 5) is 13.2. The highest BCUT2D eigenvalue weighted by molar-refractivity contribution is 5.79. The molecule has 0 saturated carbocycles. The van der Waals surface area contributed by atoms with Crippen LogP contribution in [-0.2, 0) is 4.79 Å².